The number of rotatable bonds is 4. The van der Waals surface area contributed by atoms with Crippen LogP contribution in [0.3, 0.4) is 0 Å². The molecule has 0 atom stereocenters. The van der Waals surface area contributed by atoms with Gasteiger partial charge in [0.25, 0.3) is 0 Å². The zero-order valence-corrected chi connectivity index (χ0v) is 13.4. The highest BCUT2D eigenvalue weighted by atomic mass is 35.5. The zero-order chi connectivity index (χ0) is 14.9. The molecule has 0 aliphatic carbocycles. The quantitative estimate of drug-likeness (QED) is 0.804. The van der Waals surface area contributed by atoms with E-state index in [-0.39, 0.29) is 9.92 Å². The van der Waals surface area contributed by atoms with E-state index in [9.17, 15) is 13.2 Å². The third-order valence-electron chi connectivity index (χ3n) is 2.83. The number of sulfone groups is 1. The average Bonchev–Trinajstić information content (AvgIpc) is 2.68. The molecule has 2 rings (SSSR count). The Morgan fingerprint density at radius 3 is 2.45 bits per heavy atom. The lowest BCUT2D eigenvalue weighted by Gasteiger charge is -2.05. The summed E-state index contributed by atoms with van der Waals surface area (Å²) in [5.41, 5.74) is 0.475. The number of hydrogen-bond donors (Lipinski definition) is 0. The van der Waals surface area contributed by atoms with Crippen molar-refractivity contribution >= 4 is 38.6 Å². The lowest BCUT2D eigenvalue weighted by atomic mass is 10.2. The number of carbonyl (C=O) groups is 1. The highest BCUT2D eigenvalue weighted by molar-refractivity contribution is 7.92. The molecular weight excluding hydrogens is 316 g/mol. The summed E-state index contributed by atoms with van der Waals surface area (Å²) < 4.78 is 24.5. The van der Waals surface area contributed by atoms with Gasteiger partial charge in [-0.25, -0.2) is 8.42 Å². The van der Waals surface area contributed by atoms with Gasteiger partial charge in [0.2, 0.25) is 0 Å². The molecule has 106 valence electrons. The first-order valence-electron chi connectivity index (χ1n) is 5.89. The van der Waals surface area contributed by atoms with Crippen LogP contribution in [-0.4, -0.2) is 20.0 Å². The lowest BCUT2D eigenvalue weighted by Crippen LogP contribution is -2.17. The lowest BCUT2D eigenvalue weighted by molar-refractivity contribution is 0.102. The molecule has 1 heterocycles. The fourth-order valence-electron chi connectivity index (χ4n) is 1.93. The number of Topliss-reactive ketones (excluding diaryl/α,β-unsaturated/α-hetero) is 1. The largest absolute Gasteiger partial charge is 0.293 e. The molecule has 1 aromatic heterocycles. The van der Waals surface area contributed by atoms with Crippen LogP contribution >= 0.6 is 22.9 Å². The van der Waals surface area contributed by atoms with Crippen LogP contribution in [0.1, 0.15) is 20.1 Å². The summed E-state index contributed by atoms with van der Waals surface area (Å²) >= 11 is 7.37. The molecule has 0 amide bonds. The fourth-order valence-corrected chi connectivity index (χ4v) is 4.67. The number of aryl methyl sites for hydroxylation is 2. The van der Waals surface area contributed by atoms with E-state index < -0.39 is 21.4 Å². The maximum atomic E-state index is 12.3. The monoisotopic (exact) mass is 328 g/mol. The second-order valence-corrected chi connectivity index (χ2v) is 8.27. The fraction of sp³-hybridized carbons (Fsp3) is 0.214. The first kappa shape index (κ1) is 15.2. The summed E-state index contributed by atoms with van der Waals surface area (Å²) in [6, 6.07) is 7.87. The first-order chi connectivity index (χ1) is 9.31. The van der Waals surface area contributed by atoms with Crippen molar-refractivity contribution in [2.75, 3.05) is 5.75 Å². The summed E-state index contributed by atoms with van der Waals surface area (Å²) in [7, 11) is -3.72. The van der Waals surface area contributed by atoms with E-state index in [0.717, 1.165) is 9.75 Å². The average molecular weight is 329 g/mol. The predicted molar refractivity (Wildman–Crippen MR) is 81.6 cm³/mol. The van der Waals surface area contributed by atoms with E-state index in [4.69, 9.17) is 11.6 Å². The van der Waals surface area contributed by atoms with E-state index in [1.54, 1.807) is 18.2 Å². The minimum absolute atomic E-state index is 0.000351. The van der Waals surface area contributed by atoms with Gasteiger partial charge >= 0.3 is 0 Å². The van der Waals surface area contributed by atoms with Gasteiger partial charge in [-0.2, -0.15) is 0 Å². The standard InChI is InChI=1S/C14H13ClO3S2/c1-9-7-11(10(2)19-9)13(16)8-20(17,18)14-6-4-3-5-12(14)15/h3-7H,8H2,1-2H3. The third-order valence-corrected chi connectivity index (χ3v) is 5.91. The Kier molecular flexibility index (Phi) is 4.32. The molecule has 6 heteroatoms. The first-order valence-corrected chi connectivity index (χ1v) is 8.73. The second kappa shape index (κ2) is 5.68. The van der Waals surface area contributed by atoms with E-state index >= 15 is 0 Å². The molecule has 0 radical (unpaired) electrons. The van der Waals surface area contributed by atoms with Crippen LogP contribution in [0.2, 0.25) is 5.02 Å². The molecule has 3 nitrogen and oxygen atoms in total. The Morgan fingerprint density at radius 1 is 1.25 bits per heavy atom. The van der Waals surface area contributed by atoms with E-state index in [2.05, 4.69) is 0 Å². The molecule has 0 aliphatic heterocycles. The van der Waals surface area contributed by atoms with Crippen molar-refractivity contribution in [3.05, 3.63) is 50.7 Å². The van der Waals surface area contributed by atoms with Crippen molar-refractivity contribution < 1.29 is 13.2 Å². The number of carbonyl (C=O) groups excluding carboxylic acids is 1. The van der Waals surface area contributed by atoms with Gasteiger partial charge in [0.15, 0.2) is 15.6 Å². The molecule has 0 spiro atoms. The van der Waals surface area contributed by atoms with Crippen molar-refractivity contribution in [3.63, 3.8) is 0 Å². The number of benzene rings is 1. The molecule has 0 saturated heterocycles. The number of thiophene rings is 1. The van der Waals surface area contributed by atoms with Crippen LogP contribution in [-0.2, 0) is 9.84 Å². The number of hydrogen-bond acceptors (Lipinski definition) is 4. The molecule has 0 aliphatic rings. The molecule has 20 heavy (non-hydrogen) atoms. The molecule has 0 bridgehead atoms. The van der Waals surface area contributed by atoms with Gasteiger partial charge in [0, 0.05) is 15.3 Å². The van der Waals surface area contributed by atoms with Crippen molar-refractivity contribution in [1.29, 1.82) is 0 Å². The Hall–Kier alpha value is -1.17. The Balaban J connectivity index is 2.32. The van der Waals surface area contributed by atoms with E-state index in [1.807, 2.05) is 13.8 Å². The number of halogens is 1. The highest BCUT2D eigenvalue weighted by Crippen LogP contribution is 2.25. The maximum Gasteiger partial charge on any atom is 0.187 e. The summed E-state index contributed by atoms with van der Waals surface area (Å²) in [4.78, 5) is 14.0. The zero-order valence-electron chi connectivity index (χ0n) is 11.0. The van der Waals surface area contributed by atoms with E-state index in [0.29, 0.717) is 5.56 Å². The van der Waals surface area contributed by atoms with Crippen LogP contribution in [0.5, 0.6) is 0 Å². The molecular formula is C14H13ClO3S2. The van der Waals surface area contributed by atoms with Crippen LogP contribution in [0.25, 0.3) is 0 Å². The Labute approximate surface area is 127 Å². The van der Waals surface area contributed by atoms with Crippen LogP contribution < -0.4 is 0 Å². The van der Waals surface area contributed by atoms with Gasteiger partial charge in [0.1, 0.15) is 5.75 Å². The van der Waals surface area contributed by atoms with Crippen molar-refractivity contribution in [2.24, 2.45) is 0 Å². The SMILES string of the molecule is Cc1cc(C(=O)CS(=O)(=O)c2ccccc2Cl)c(C)s1. The minimum Gasteiger partial charge on any atom is -0.293 e. The van der Waals surface area contributed by atoms with Crippen LogP contribution in [0, 0.1) is 13.8 Å². The Bertz CT molecular complexity index is 760. The van der Waals surface area contributed by atoms with Gasteiger partial charge in [-0.05, 0) is 32.0 Å². The van der Waals surface area contributed by atoms with Gasteiger partial charge < -0.3 is 0 Å². The van der Waals surface area contributed by atoms with Gasteiger partial charge in [-0.1, -0.05) is 23.7 Å². The molecule has 2 aromatic rings. The van der Waals surface area contributed by atoms with Gasteiger partial charge in [-0.15, -0.1) is 11.3 Å². The molecule has 1 aromatic carbocycles. The number of ketones is 1. The molecule has 0 saturated carbocycles. The highest BCUT2D eigenvalue weighted by Gasteiger charge is 2.24. The van der Waals surface area contributed by atoms with E-state index in [1.165, 1.54) is 23.5 Å². The normalized spacial score (nSPS) is 11.6. The van der Waals surface area contributed by atoms with Crippen molar-refractivity contribution in [3.8, 4) is 0 Å². The molecule has 0 fully saturated rings. The summed E-state index contributed by atoms with van der Waals surface area (Å²) in [6.07, 6.45) is 0. The predicted octanol–water partition coefficient (Wildman–Crippen LogP) is 3.67. The smallest absolute Gasteiger partial charge is 0.187 e. The van der Waals surface area contributed by atoms with Gasteiger partial charge in [-0.3, -0.25) is 4.79 Å². The van der Waals surface area contributed by atoms with Crippen molar-refractivity contribution in [2.45, 2.75) is 18.7 Å². The summed E-state index contributed by atoms with van der Waals surface area (Å²) in [5, 5.41) is 0.138. The topological polar surface area (TPSA) is 51.2 Å². The second-order valence-electron chi connectivity index (χ2n) is 4.44. The van der Waals surface area contributed by atoms with Crippen LogP contribution in [0.4, 0.5) is 0 Å². The van der Waals surface area contributed by atoms with Gasteiger partial charge in [0.05, 0.1) is 9.92 Å². The molecule has 0 N–H and O–H groups in total. The minimum atomic E-state index is -3.72. The maximum absolute atomic E-state index is 12.3. The Morgan fingerprint density at radius 2 is 1.90 bits per heavy atom. The summed E-state index contributed by atoms with van der Waals surface area (Å²) in [5.74, 6) is -0.958. The third kappa shape index (κ3) is 3.11. The van der Waals surface area contributed by atoms with Crippen LogP contribution in [0.15, 0.2) is 35.2 Å². The summed E-state index contributed by atoms with van der Waals surface area (Å²) in [6.45, 7) is 3.70. The molecule has 0 unspecified atom stereocenters. The van der Waals surface area contributed by atoms with Crippen molar-refractivity contribution in [1.82, 2.24) is 0 Å².